The van der Waals surface area contributed by atoms with Gasteiger partial charge in [0, 0.05) is 41.5 Å². The molecule has 232 valence electrons. The van der Waals surface area contributed by atoms with Crippen molar-refractivity contribution >= 4 is 35.8 Å². The molecule has 2 saturated heterocycles. The molecule has 0 radical (unpaired) electrons. The smallest absolute Gasteiger partial charge is 0.303 e. The molecule has 2 fully saturated rings. The van der Waals surface area contributed by atoms with Gasteiger partial charge in [-0.05, 0) is 0 Å². The Labute approximate surface area is 234 Å². The Morgan fingerprint density at radius 2 is 1.17 bits per heavy atom. The van der Waals surface area contributed by atoms with Gasteiger partial charge in [0.15, 0.2) is 37.0 Å². The number of ether oxygens (including phenoxy) is 8. The van der Waals surface area contributed by atoms with Gasteiger partial charge in [-0.25, -0.2) is 0 Å². The Hall–Kier alpha value is -3.38. The summed E-state index contributed by atoms with van der Waals surface area (Å²) in [5, 5.41) is 23.0. The van der Waals surface area contributed by atoms with Gasteiger partial charge in [-0.1, -0.05) is 0 Å². The van der Waals surface area contributed by atoms with Gasteiger partial charge in [-0.2, -0.15) is 0 Å². The van der Waals surface area contributed by atoms with Crippen LogP contribution in [0.3, 0.4) is 0 Å². The molecule has 0 aromatic rings. The second kappa shape index (κ2) is 15.0. The molecule has 1 amide bonds. The highest BCUT2D eigenvalue weighted by Crippen LogP contribution is 2.34. The fraction of sp³-hybridized carbons (Fsp3) is 0.750. The lowest BCUT2D eigenvalue weighted by Crippen LogP contribution is -2.68. The molecule has 0 spiro atoms. The molecule has 2 aliphatic rings. The van der Waals surface area contributed by atoms with Crippen molar-refractivity contribution in [1.82, 2.24) is 5.32 Å². The molecule has 0 bridgehead atoms. The van der Waals surface area contributed by atoms with E-state index in [1.807, 2.05) is 0 Å². The van der Waals surface area contributed by atoms with Crippen molar-refractivity contribution < 1.29 is 76.9 Å². The minimum Gasteiger partial charge on any atom is -0.463 e. The van der Waals surface area contributed by atoms with Crippen molar-refractivity contribution in [1.29, 1.82) is 0 Å². The zero-order valence-corrected chi connectivity index (χ0v) is 23.3. The molecule has 0 aromatic heterocycles. The standard InChI is InChI=1S/C24H35NO16/c1-9(27)25-17-20(36-12(4)30)19(16(39-23(17)33)8-34-10(2)28)41-24-22(38-14(6)32)21(37-13(5)31)18(35-11(3)29)15(7-26)40-24/h15-24,26,33H,7-8H2,1-6H3,(H,25,27)/t15-,16-,17-,18+,19-,20-,21+,22-,23-,24+/m1/s1. The van der Waals surface area contributed by atoms with Gasteiger partial charge < -0.3 is 53.4 Å². The first-order valence-electron chi connectivity index (χ1n) is 12.5. The van der Waals surface area contributed by atoms with Crippen LogP contribution >= 0.6 is 0 Å². The quantitative estimate of drug-likeness (QED) is 0.177. The summed E-state index contributed by atoms with van der Waals surface area (Å²) in [6, 6.07) is -1.41. The predicted molar refractivity (Wildman–Crippen MR) is 128 cm³/mol. The SMILES string of the molecule is CC(=O)N[C@@H]1[C@@H](OC(C)=O)[C@H](O[C@@H]2O[C@H](CO)[C@H](OC(C)=O)[C@H](OC(C)=O)[C@H]2OC(C)=O)[C@@H](COC(C)=O)O[C@H]1O. The fourth-order valence-electron chi connectivity index (χ4n) is 4.40. The predicted octanol–water partition coefficient (Wildman–Crippen LogP) is -2.40. The molecule has 0 aliphatic carbocycles. The van der Waals surface area contributed by atoms with E-state index in [-0.39, 0.29) is 0 Å². The molecule has 2 rings (SSSR count). The van der Waals surface area contributed by atoms with Crippen LogP contribution in [-0.4, -0.2) is 121 Å². The van der Waals surface area contributed by atoms with Gasteiger partial charge in [0.2, 0.25) is 5.91 Å². The molecular weight excluding hydrogens is 558 g/mol. The first kappa shape index (κ1) is 33.8. The normalized spacial score (nSPS) is 33.1. The van der Waals surface area contributed by atoms with Crippen LogP contribution in [0.1, 0.15) is 41.5 Å². The maximum absolute atomic E-state index is 12.1. The van der Waals surface area contributed by atoms with Crippen molar-refractivity contribution in [2.75, 3.05) is 13.2 Å². The van der Waals surface area contributed by atoms with E-state index < -0.39 is 110 Å². The lowest BCUT2D eigenvalue weighted by molar-refractivity contribution is -0.347. The topological polar surface area (TPSA) is 229 Å². The number of hydrogen-bond acceptors (Lipinski definition) is 16. The van der Waals surface area contributed by atoms with Crippen LogP contribution in [0.5, 0.6) is 0 Å². The number of amides is 1. The van der Waals surface area contributed by atoms with Gasteiger partial charge in [0.25, 0.3) is 0 Å². The summed E-state index contributed by atoms with van der Waals surface area (Å²) in [5.74, 6) is -4.84. The summed E-state index contributed by atoms with van der Waals surface area (Å²) in [6.07, 6.45) is -13.9. The summed E-state index contributed by atoms with van der Waals surface area (Å²) < 4.78 is 43.6. The van der Waals surface area contributed by atoms with Crippen LogP contribution in [0.15, 0.2) is 0 Å². The molecule has 2 heterocycles. The van der Waals surface area contributed by atoms with Crippen LogP contribution in [0.4, 0.5) is 0 Å². The number of carbonyl (C=O) groups is 6. The zero-order valence-electron chi connectivity index (χ0n) is 23.3. The van der Waals surface area contributed by atoms with E-state index in [4.69, 9.17) is 37.9 Å². The number of rotatable bonds is 10. The third-order valence-corrected chi connectivity index (χ3v) is 5.76. The van der Waals surface area contributed by atoms with Gasteiger partial charge in [-0.15, -0.1) is 0 Å². The lowest BCUT2D eigenvalue weighted by Gasteiger charge is -2.48. The summed E-state index contributed by atoms with van der Waals surface area (Å²) in [6.45, 7) is 5.06. The Balaban J connectivity index is 2.60. The van der Waals surface area contributed by atoms with Gasteiger partial charge in [0.1, 0.15) is 31.0 Å². The molecular formula is C24H35NO16. The summed E-state index contributed by atoms with van der Waals surface area (Å²) >= 11 is 0. The van der Waals surface area contributed by atoms with Crippen molar-refractivity contribution in [3.8, 4) is 0 Å². The molecule has 3 N–H and O–H groups in total. The molecule has 0 saturated carbocycles. The van der Waals surface area contributed by atoms with E-state index >= 15 is 0 Å². The number of esters is 5. The Kier molecular flexibility index (Phi) is 12.4. The lowest BCUT2D eigenvalue weighted by atomic mass is 9.95. The first-order valence-corrected chi connectivity index (χ1v) is 12.5. The molecule has 10 atom stereocenters. The molecule has 17 nitrogen and oxygen atoms in total. The van der Waals surface area contributed by atoms with E-state index in [2.05, 4.69) is 5.32 Å². The average Bonchev–Trinajstić information content (AvgIpc) is 2.83. The zero-order chi connectivity index (χ0) is 31.0. The third-order valence-electron chi connectivity index (χ3n) is 5.76. The Morgan fingerprint density at radius 1 is 0.659 bits per heavy atom. The van der Waals surface area contributed by atoms with Gasteiger partial charge in [-0.3, -0.25) is 28.8 Å². The van der Waals surface area contributed by atoms with Crippen molar-refractivity contribution in [3.63, 3.8) is 0 Å². The van der Waals surface area contributed by atoms with Gasteiger partial charge in [0.05, 0.1) is 6.61 Å². The van der Waals surface area contributed by atoms with Gasteiger partial charge >= 0.3 is 29.8 Å². The molecule has 2 aliphatic heterocycles. The van der Waals surface area contributed by atoms with E-state index in [1.165, 1.54) is 0 Å². The number of aliphatic hydroxyl groups is 2. The minimum absolute atomic E-state index is 0.542. The number of aliphatic hydroxyl groups excluding tert-OH is 2. The van der Waals surface area contributed by atoms with Crippen molar-refractivity contribution in [3.05, 3.63) is 0 Å². The largest absolute Gasteiger partial charge is 0.463 e. The second-order valence-corrected chi connectivity index (χ2v) is 9.22. The third kappa shape index (κ3) is 9.60. The number of hydrogen-bond donors (Lipinski definition) is 3. The molecule has 17 heteroatoms. The van der Waals surface area contributed by atoms with Crippen LogP contribution < -0.4 is 5.32 Å². The van der Waals surface area contributed by atoms with Crippen LogP contribution in [0, 0.1) is 0 Å². The maximum Gasteiger partial charge on any atom is 0.303 e. The summed E-state index contributed by atoms with van der Waals surface area (Å²) in [5.41, 5.74) is 0. The second-order valence-electron chi connectivity index (χ2n) is 9.22. The highest BCUT2D eigenvalue weighted by molar-refractivity contribution is 5.73. The van der Waals surface area contributed by atoms with Crippen LogP contribution in [0.2, 0.25) is 0 Å². The van der Waals surface area contributed by atoms with E-state index in [9.17, 15) is 39.0 Å². The Bertz CT molecular complexity index is 987. The average molecular weight is 594 g/mol. The molecule has 0 aromatic carbocycles. The van der Waals surface area contributed by atoms with E-state index in [0.29, 0.717) is 0 Å². The van der Waals surface area contributed by atoms with Crippen molar-refractivity contribution in [2.45, 2.75) is 103 Å². The highest BCUT2D eigenvalue weighted by Gasteiger charge is 2.56. The monoisotopic (exact) mass is 593 g/mol. The number of nitrogens with one attached hydrogen (secondary N) is 1. The van der Waals surface area contributed by atoms with Crippen molar-refractivity contribution in [2.24, 2.45) is 0 Å². The van der Waals surface area contributed by atoms with E-state index in [1.54, 1.807) is 0 Å². The van der Waals surface area contributed by atoms with Crippen LogP contribution in [-0.2, 0) is 66.7 Å². The summed E-state index contributed by atoms with van der Waals surface area (Å²) in [4.78, 5) is 71.3. The van der Waals surface area contributed by atoms with E-state index in [0.717, 1.165) is 41.5 Å². The number of carbonyl (C=O) groups excluding carboxylic acids is 6. The fourth-order valence-corrected chi connectivity index (χ4v) is 4.40. The minimum atomic E-state index is -1.77. The Morgan fingerprint density at radius 3 is 1.66 bits per heavy atom. The maximum atomic E-state index is 12.1. The molecule has 0 unspecified atom stereocenters. The first-order chi connectivity index (χ1) is 19.1. The van der Waals surface area contributed by atoms with Crippen LogP contribution in [0.25, 0.3) is 0 Å². The highest BCUT2D eigenvalue weighted by atomic mass is 16.8. The summed E-state index contributed by atoms with van der Waals surface area (Å²) in [7, 11) is 0. The molecule has 41 heavy (non-hydrogen) atoms.